The van der Waals surface area contributed by atoms with Gasteiger partial charge in [0.05, 0.1) is 0 Å². The van der Waals surface area contributed by atoms with Crippen molar-refractivity contribution in [2.75, 3.05) is 23.8 Å². The Hall–Kier alpha value is -3.61. The molecule has 2 aromatic heterocycles. The van der Waals surface area contributed by atoms with Gasteiger partial charge in [-0.1, -0.05) is 6.07 Å². The lowest BCUT2D eigenvalue weighted by molar-refractivity contribution is 0.102. The van der Waals surface area contributed by atoms with Crippen LogP contribution in [-0.4, -0.2) is 29.1 Å². The first kappa shape index (κ1) is 16.8. The van der Waals surface area contributed by atoms with Crippen molar-refractivity contribution in [3.8, 4) is 11.5 Å². The average Bonchev–Trinajstić information content (AvgIpc) is 2.73. The van der Waals surface area contributed by atoms with E-state index in [2.05, 4.69) is 20.6 Å². The zero-order chi connectivity index (χ0) is 18.5. The Labute approximate surface area is 156 Å². The SMILES string of the molecule is O=C(Nc1ccc2c(c1)OCCO2)c1cc(NCc2cccnc2)ccn1. The standard InChI is InChI=1S/C20H18N4O3/c25-20(24-16-3-4-18-19(11-16)27-9-8-26-18)17-10-15(5-7-22-17)23-13-14-2-1-6-21-12-14/h1-7,10-12H,8-9,13H2,(H,22,23)(H,24,25). The molecule has 7 nitrogen and oxygen atoms in total. The molecule has 4 rings (SSSR count). The van der Waals surface area contributed by atoms with Gasteiger partial charge >= 0.3 is 0 Å². The summed E-state index contributed by atoms with van der Waals surface area (Å²) in [7, 11) is 0. The van der Waals surface area contributed by atoms with Gasteiger partial charge < -0.3 is 20.1 Å². The Balaban J connectivity index is 1.43. The minimum absolute atomic E-state index is 0.295. The molecule has 0 unspecified atom stereocenters. The van der Waals surface area contributed by atoms with Crippen LogP contribution in [0, 0.1) is 0 Å². The summed E-state index contributed by atoms with van der Waals surface area (Å²) in [5.41, 5.74) is 2.80. The molecule has 7 heteroatoms. The predicted octanol–water partition coefficient (Wildman–Crippen LogP) is 3.11. The fraction of sp³-hybridized carbons (Fsp3) is 0.150. The summed E-state index contributed by atoms with van der Waals surface area (Å²) in [6.07, 6.45) is 5.13. The van der Waals surface area contributed by atoms with E-state index in [1.54, 1.807) is 42.9 Å². The Morgan fingerprint density at radius 2 is 1.89 bits per heavy atom. The van der Waals surface area contributed by atoms with Gasteiger partial charge in [0.1, 0.15) is 18.9 Å². The van der Waals surface area contributed by atoms with Crippen LogP contribution in [0.1, 0.15) is 16.1 Å². The van der Waals surface area contributed by atoms with Crippen molar-refractivity contribution in [1.29, 1.82) is 0 Å². The molecule has 0 saturated carbocycles. The van der Waals surface area contributed by atoms with E-state index in [4.69, 9.17) is 9.47 Å². The minimum atomic E-state index is -0.295. The number of carbonyl (C=O) groups is 1. The highest BCUT2D eigenvalue weighted by atomic mass is 16.6. The van der Waals surface area contributed by atoms with Crippen molar-refractivity contribution >= 4 is 17.3 Å². The molecule has 2 N–H and O–H groups in total. The molecule has 1 aliphatic rings. The van der Waals surface area contributed by atoms with E-state index >= 15 is 0 Å². The van der Waals surface area contributed by atoms with Gasteiger partial charge in [0, 0.05) is 42.6 Å². The molecule has 1 amide bonds. The van der Waals surface area contributed by atoms with E-state index in [-0.39, 0.29) is 5.91 Å². The van der Waals surface area contributed by atoms with Crippen molar-refractivity contribution in [3.63, 3.8) is 0 Å². The number of pyridine rings is 2. The molecule has 1 aliphatic heterocycles. The lowest BCUT2D eigenvalue weighted by Gasteiger charge is -2.19. The summed E-state index contributed by atoms with van der Waals surface area (Å²) in [4.78, 5) is 20.8. The van der Waals surface area contributed by atoms with Gasteiger partial charge in [-0.25, -0.2) is 0 Å². The third-order valence-corrected chi connectivity index (χ3v) is 4.01. The molecule has 0 spiro atoms. The smallest absolute Gasteiger partial charge is 0.274 e. The van der Waals surface area contributed by atoms with E-state index in [0.717, 1.165) is 11.3 Å². The van der Waals surface area contributed by atoms with Gasteiger partial charge in [0.25, 0.3) is 5.91 Å². The Bertz CT molecular complexity index is 947. The molecule has 0 fully saturated rings. The van der Waals surface area contributed by atoms with Gasteiger partial charge in [0.2, 0.25) is 0 Å². The molecule has 0 aliphatic carbocycles. The molecular weight excluding hydrogens is 344 g/mol. The van der Waals surface area contributed by atoms with Crippen LogP contribution >= 0.6 is 0 Å². The van der Waals surface area contributed by atoms with Crippen LogP contribution in [0.25, 0.3) is 0 Å². The van der Waals surface area contributed by atoms with Gasteiger partial charge in [0.15, 0.2) is 11.5 Å². The molecule has 0 saturated heterocycles. The molecule has 1 aromatic carbocycles. The summed E-state index contributed by atoms with van der Waals surface area (Å²) < 4.78 is 11.0. The number of benzene rings is 1. The second kappa shape index (κ2) is 7.74. The maximum atomic E-state index is 12.5. The first-order valence-electron chi connectivity index (χ1n) is 8.58. The Morgan fingerprint density at radius 1 is 1.00 bits per heavy atom. The second-order valence-electron chi connectivity index (χ2n) is 5.96. The van der Waals surface area contributed by atoms with E-state index in [1.165, 1.54) is 0 Å². The normalized spacial score (nSPS) is 12.3. The zero-order valence-electron chi connectivity index (χ0n) is 14.5. The van der Waals surface area contributed by atoms with Crippen LogP contribution in [0.4, 0.5) is 11.4 Å². The topological polar surface area (TPSA) is 85.4 Å². The largest absolute Gasteiger partial charge is 0.486 e. The molecular formula is C20H18N4O3. The fourth-order valence-electron chi connectivity index (χ4n) is 2.69. The van der Waals surface area contributed by atoms with E-state index in [0.29, 0.717) is 42.6 Å². The molecule has 3 heterocycles. The van der Waals surface area contributed by atoms with Gasteiger partial charge in [-0.3, -0.25) is 14.8 Å². The quantitative estimate of drug-likeness (QED) is 0.725. The first-order valence-corrected chi connectivity index (χ1v) is 8.58. The average molecular weight is 362 g/mol. The number of aromatic nitrogens is 2. The number of hydrogen-bond acceptors (Lipinski definition) is 6. The third kappa shape index (κ3) is 4.14. The van der Waals surface area contributed by atoms with Crippen LogP contribution < -0.4 is 20.1 Å². The summed E-state index contributed by atoms with van der Waals surface area (Å²) in [6.45, 7) is 1.64. The van der Waals surface area contributed by atoms with Crippen molar-refractivity contribution in [2.45, 2.75) is 6.54 Å². The molecule has 136 valence electrons. The van der Waals surface area contributed by atoms with Gasteiger partial charge in [-0.05, 0) is 35.9 Å². The predicted molar refractivity (Wildman–Crippen MR) is 101 cm³/mol. The van der Waals surface area contributed by atoms with Gasteiger partial charge in [-0.2, -0.15) is 0 Å². The Morgan fingerprint density at radius 3 is 2.74 bits per heavy atom. The summed E-state index contributed by atoms with van der Waals surface area (Å²) in [5, 5.41) is 6.10. The molecule has 0 atom stereocenters. The highest BCUT2D eigenvalue weighted by Gasteiger charge is 2.14. The number of carbonyl (C=O) groups excluding carboxylic acids is 1. The number of hydrogen-bond donors (Lipinski definition) is 2. The summed E-state index contributed by atoms with van der Waals surface area (Å²) in [6, 6.07) is 12.7. The highest BCUT2D eigenvalue weighted by Crippen LogP contribution is 2.32. The lowest BCUT2D eigenvalue weighted by Crippen LogP contribution is -2.17. The second-order valence-corrected chi connectivity index (χ2v) is 5.96. The van der Waals surface area contributed by atoms with E-state index < -0.39 is 0 Å². The zero-order valence-corrected chi connectivity index (χ0v) is 14.5. The fourth-order valence-corrected chi connectivity index (χ4v) is 2.69. The Kier molecular flexibility index (Phi) is 4.82. The van der Waals surface area contributed by atoms with Crippen molar-refractivity contribution in [3.05, 3.63) is 72.3 Å². The molecule has 0 radical (unpaired) electrons. The van der Waals surface area contributed by atoms with Crippen LogP contribution in [0.15, 0.2) is 61.1 Å². The number of anilines is 2. The number of ether oxygens (including phenoxy) is 2. The number of fused-ring (bicyclic) bond motifs is 1. The van der Waals surface area contributed by atoms with Crippen LogP contribution in [0.5, 0.6) is 11.5 Å². The molecule has 3 aromatic rings. The van der Waals surface area contributed by atoms with Crippen molar-refractivity contribution < 1.29 is 14.3 Å². The summed E-state index contributed by atoms with van der Waals surface area (Å²) in [5.74, 6) is 1.01. The van der Waals surface area contributed by atoms with E-state index in [1.807, 2.05) is 18.2 Å². The number of amides is 1. The third-order valence-electron chi connectivity index (χ3n) is 4.01. The van der Waals surface area contributed by atoms with Gasteiger partial charge in [-0.15, -0.1) is 0 Å². The van der Waals surface area contributed by atoms with Crippen LogP contribution in [0.2, 0.25) is 0 Å². The van der Waals surface area contributed by atoms with Crippen molar-refractivity contribution in [2.24, 2.45) is 0 Å². The number of nitrogens with one attached hydrogen (secondary N) is 2. The lowest BCUT2D eigenvalue weighted by atomic mass is 10.2. The first-order chi connectivity index (χ1) is 13.3. The maximum absolute atomic E-state index is 12.5. The maximum Gasteiger partial charge on any atom is 0.274 e. The molecule has 0 bridgehead atoms. The monoisotopic (exact) mass is 362 g/mol. The van der Waals surface area contributed by atoms with E-state index in [9.17, 15) is 4.79 Å². The van der Waals surface area contributed by atoms with Crippen LogP contribution in [0.3, 0.4) is 0 Å². The van der Waals surface area contributed by atoms with Crippen molar-refractivity contribution in [1.82, 2.24) is 9.97 Å². The molecule has 27 heavy (non-hydrogen) atoms. The number of rotatable bonds is 5. The highest BCUT2D eigenvalue weighted by molar-refractivity contribution is 6.03. The summed E-state index contributed by atoms with van der Waals surface area (Å²) >= 11 is 0. The number of nitrogens with zero attached hydrogens (tertiary/aromatic N) is 2. The van der Waals surface area contributed by atoms with Crippen LogP contribution in [-0.2, 0) is 6.54 Å². The minimum Gasteiger partial charge on any atom is -0.486 e.